The van der Waals surface area contributed by atoms with Crippen molar-refractivity contribution in [2.45, 2.75) is 17.9 Å². The standard InChI is InChI=1S/C15H25N3S/c1-3-17-8-10-18(11-9-17)15(12-16)13-4-6-14(19-2)7-5-13/h4-7,15H,3,8-12,16H2,1-2H3. The molecule has 1 atom stereocenters. The predicted molar refractivity (Wildman–Crippen MR) is 83.7 cm³/mol. The number of likely N-dealkylation sites (N-methyl/N-ethyl adjacent to an activating group) is 1. The highest BCUT2D eigenvalue weighted by Gasteiger charge is 2.23. The summed E-state index contributed by atoms with van der Waals surface area (Å²) in [4.78, 5) is 6.34. The van der Waals surface area contributed by atoms with Gasteiger partial charge in [0.05, 0.1) is 0 Å². The summed E-state index contributed by atoms with van der Waals surface area (Å²) < 4.78 is 0. The van der Waals surface area contributed by atoms with E-state index in [1.807, 2.05) is 0 Å². The molecular formula is C15H25N3S. The normalized spacial score (nSPS) is 19.5. The van der Waals surface area contributed by atoms with Gasteiger partial charge in [-0.2, -0.15) is 0 Å². The number of benzene rings is 1. The molecule has 2 rings (SSSR count). The van der Waals surface area contributed by atoms with E-state index in [1.165, 1.54) is 10.5 Å². The Morgan fingerprint density at radius 2 is 1.79 bits per heavy atom. The van der Waals surface area contributed by atoms with Crippen LogP contribution in [0.2, 0.25) is 0 Å². The van der Waals surface area contributed by atoms with Gasteiger partial charge in [0, 0.05) is 43.7 Å². The minimum atomic E-state index is 0.370. The maximum atomic E-state index is 6.01. The number of rotatable bonds is 5. The summed E-state index contributed by atoms with van der Waals surface area (Å²) in [5.41, 5.74) is 7.36. The van der Waals surface area contributed by atoms with E-state index in [9.17, 15) is 0 Å². The zero-order valence-corrected chi connectivity index (χ0v) is 12.8. The summed E-state index contributed by atoms with van der Waals surface area (Å²) in [6.45, 7) is 8.66. The van der Waals surface area contributed by atoms with E-state index in [4.69, 9.17) is 5.73 Å². The Morgan fingerprint density at radius 3 is 2.26 bits per heavy atom. The van der Waals surface area contributed by atoms with Crippen LogP contribution in [-0.2, 0) is 0 Å². The van der Waals surface area contributed by atoms with Gasteiger partial charge in [-0.15, -0.1) is 11.8 Å². The number of thioether (sulfide) groups is 1. The second-order valence-corrected chi connectivity index (χ2v) is 5.87. The Hall–Kier alpha value is -0.550. The van der Waals surface area contributed by atoms with Crippen LogP contribution in [0.3, 0.4) is 0 Å². The first-order chi connectivity index (χ1) is 9.28. The summed E-state index contributed by atoms with van der Waals surface area (Å²) in [5, 5.41) is 0. The van der Waals surface area contributed by atoms with Crippen molar-refractivity contribution in [3.05, 3.63) is 29.8 Å². The van der Waals surface area contributed by atoms with Gasteiger partial charge < -0.3 is 10.6 Å². The highest BCUT2D eigenvalue weighted by molar-refractivity contribution is 7.98. The molecule has 2 N–H and O–H groups in total. The molecule has 1 aliphatic heterocycles. The van der Waals surface area contributed by atoms with Crippen LogP contribution in [0.1, 0.15) is 18.5 Å². The van der Waals surface area contributed by atoms with Crippen molar-refractivity contribution in [3.63, 3.8) is 0 Å². The summed E-state index contributed by atoms with van der Waals surface area (Å²) >= 11 is 1.78. The summed E-state index contributed by atoms with van der Waals surface area (Å²) in [7, 11) is 0. The smallest absolute Gasteiger partial charge is 0.0471 e. The van der Waals surface area contributed by atoms with E-state index in [2.05, 4.69) is 47.2 Å². The van der Waals surface area contributed by atoms with Gasteiger partial charge in [-0.1, -0.05) is 19.1 Å². The fraction of sp³-hybridized carbons (Fsp3) is 0.600. The molecule has 1 fully saturated rings. The third-order valence-electron chi connectivity index (χ3n) is 4.02. The number of piperazine rings is 1. The average Bonchev–Trinajstić information content (AvgIpc) is 2.49. The summed E-state index contributed by atoms with van der Waals surface area (Å²) in [6.07, 6.45) is 2.11. The lowest BCUT2D eigenvalue weighted by molar-refractivity contribution is 0.102. The minimum absolute atomic E-state index is 0.370. The molecule has 3 nitrogen and oxygen atoms in total. The Labute approximate surface area is 121 Å². The van der Waals surface area contributed by atoms with Gasteiger partial charge in [-0.05, 0) is 30.5 Å². The van der Waals surface area contributed by atoms with Gasteiger partial charge in [0.25, 0.3) is 0 Å². The number of nitrogens with two attached hydrogens (primary N) is 1. The van der Waals surface area contributed by atoms with Crippen LogP contribution in [0.5, 0.6) is 0 Å². The molecular weight excluding hydrogens is 254 g/mol. The molecule has 0 saturated carbocycles. The van der Waals surface area contributed by atoms with Crippen LogP contribution >= 0.6 is 11.8 Å². The second-order valence-electron chi connectivity index (χ2n) is 4.99. The Morgan fingerprint density at radius 1 is 1.16 bits per heavy atom. The van der Waals surface area contributed by atoms with E-state index in [-0.39, 0.29) is 0 Å². The first-order valence-electron chi connectivity index (χ1n) is 7.09. The fourth-order valence-corrected chi connectivity index (χ4v) is 3.12. The summed E-state index contributed by atoms with van der Waals surface area (Å²) in [5.74, 6) is 0. The topological polar surface area (TPSA) is 32.5 Å². The highest BCUT2D eigenvalue weighted by Crippen LogP contribution is 2.23. The van der Waals surface area contributed by atoms with Crippen LogP contribution in [0.25, 0.3) is 0 Å². The molecule has 1 aromatic rings. The maximum absolute atomic E-state index is 6.01. The average molecular weight is 279 g/mol. The number of nitrogens with zero attached hydrogens (tertiary/aromatic N) is 2. The Balaban J connectivity index is 2.03. The Bertz CT molecular complexity index is 371. The van der Waals surface area contributed by atoms with Gasteiger partial charge >= 0.3 is 0 Å². The quantitative estimate of drug-likeness (QED) is 0.836. The lowest BCUT2D eigenvalue weighted by Crippen LogP contribution is -2.48. The van der Waals surface area contributed by atoms with Gasteiger partial charge in [-0.25, -0.2) is 0 Å². The minimum Gasteiger partial charge on any atom is -0.329 e. The molecule has 0 radical (unpaired) electrons. The molecule has 0 aliphatic carbocycles. The monoisotopic (exact) mass is 279 g/mol. The molecule has 1 saturated heterocycles. The number of hydrogen-bond acceptors (Lipinski definition) is 4. The second kappa shape index (κ2) is 7.29. The molecule has 0 amide bonds. The third-order valence-corrected chi connectivity index (χ3v) is 4.76. The third kappa shape index (κ3) is 3.72. The van der Waals surface area contributed by atoms with Crippen LogP contribution in [0, 0.1) is 0 Å². The van der Waals surface area contributed by atoms with Crippen molar-refractivity contribution in [1.29, 1.82) is 0 Å². The van der Waals surface area contributed by atoms with Crippen LogP contribution in [0.4, 0.5) is 0 Å². The lowest BCUT2D eigenvalue weighted by Gasteiger charge is -2.38. The van der Waals surface area contributed by atoms with Crippen molar-refractivity contribution < 1.29 is 0 Å². The van der Waals surface area contributed by atoms with E-state index in [1.54, 1.807) is 11.8 Å². The molecule has 0 bridgehead atoms. The van der Waals surface area contributed by atoms with Crippen LogP contribution < -0.4 is 5.73 Å². The van der Waals surface area contributed by atoms with Crippen LogP contribution in [-0.4, -0.2) is 55.3 Å². The molecule has 1 aliphatic rings. The van der Waals surface area contributed by atoms with Crippen molar-refractivity contribution in [1.82, 2.24) is 9.80 Å². The molecule has 1 unspecified atom stereocenters. The van der Waals surface area contributed by atoms with Crippen molar-refractivity contribution in [2.24, 2.45) is 5.73 Å². The van der Waals surface area contributed by atoms with E-state index in [0.717, 1.165) is 32.7 Å². The van der Waals surface area contributed by atoms with E-state index < -0.39 is 0 Å². The largest absolute Gasteiger partial charge is 0.329 e. The molecule has 1 aromatic carbocycles. The van der Waals surface area contributed by atoms with Gasteiger partial charge in [-0.3, -0.25) is 4.90 Å². The van der Waals surface area contributed by atoms with Crippen molar-refractivity contribution in [2.75, 3.05) is 45.5 Å². The molecule has 19 heavy (non-hydrogen) atoms. The zero-order valence-electron chi connectivity index (χ0n) is 12.0. The van der Waals surface area contributed by atoms with E-state index in [0.29, 0.717) is 12.6 Å². The SMILES string of the molecule is CCN1CCN(C(CN)c2ccc(SC)cc2)CC1. The first kappa shape index (κ1) is 14.9. The van der Waals surface area contributed by atoms with Gasteiger partial charge in [0.2, 0.25) is 0 Å². The lowest BCUT2D eigenvalue weighted by atomic mass is 10.0. The predicted octanol–water partition coefficient (Wildman–Crippen LogP) is 2.05. The molecule has 4 heteroatoms. The van der Waals surface area contributed by atoms with Crippen molar-refractivity contribution in [3.8, 4) is 0 Å². The maximum Gasteiger partial charge on any atom is 0.0471 e. The van der Waals surface area contributed by atoms with Crippen molar-refractivity contribution >= 4 is 11.8 Å². The summed E-state index contributed by atoms with van der Waals surface area (Å²) in [6, 6.07) is 9.23. The number of hydrogen-bond donors (Lipinski definition) is 1. The van der Waals surface area contributed by atoms with E-state index >= 15 is 0 Å². The first-order valence-corrected chi connectivity index (χ1v) is 8.31. The van der Waals surface area contributed by atoms with Crippen LogP contribution in [0.15, 0.2) is 29.2 Å². The van der Waals surface area contributed by atoms with Gasteiger partial charge in [0.15, 0.2) is 0 Å². The zero-order chi connectivity index (χ0) is 13.7. The highest BCUT2D eigenvalue weighted by atomic mass is 32.2. The molecule has 0 spiro atoms. The molecule has 0 aromatic heterocycles. The molecule has 106 valence electrons. The fourth-order valence-electron chi connectivity index (χ4n) is 2.71. The van der Waals surface area contributed by atoms with Gasteiger partial charge in [0.1, 0.15) is 0 Å². The Kier molecular flexibility index (Phi) is 5.70. The molecule has 1 heterocycles.